The van der Waals surface area contributed by atoms with Crippen molar-refractivity contribution in [1.29, 1.82) is 0 Å². The minimum Gasteiger partial charge on any atom is -0.377 e. The standard InChI is InChI=1S/C12H24N2O/c1-13-11-4-2-7-14(8-6-11)10-12-5-3-9-15-12/h11-13H,2-10H2,1H3. The van der Waals surface area contributed by atoms with Crippen molar-refractivity contribution in [3.05, 3.63) is 0 Å². The van der Waals surface area contributed by atoms with E-state index in [0.717, 1.165) is 19.2 Å². The topological polar surface area (TPSA) is 24.5 Å². The summed E-state index contributed by atoms with van der Waals surface area (Å²) in [6.45, 7) is 4.65. The second kappa shape index (κ2) is 5.83. The van der Waals surface area contributed by atoms with Crippen molar-refractivity contribution < 1.29 is 4.74 Å². The van der Waals surface area contributed by atoms with Crippen molar-refractivity contribution in [3.8, 4) is 0 Å². The fourth-order valence-corrected chi connectivity index (χ4v) is 2.70. The van der Waals surface area contributed by atoms with E-state index in [2.05, 4.69) is 17.3 Å². The van der Waals surface area contributed by atoms with Gasteiger partial charge in [-0.05, 0) is 52.2 Å². The molecule has 0 aromatic rings. The molecule has 2 aliphatic rings. The molecule has 88 valence electrons. The average molecular weight is 212 g/mol. The highest BCUT2D eigenvalue weighted by atomic mass is 16.5. The third kappa shape index (κ3) is 3.44. The van der Waals surface area contributed by atoms with Crippen LogP contribution in [0.5, 0.6) is 0 Å². The van der Waals surface area contributed by atoms with Gasteiger partial charge in [-0.3, -0.25) is 0 Å². The molecule has 2 saturated heterocycles. The maximum Gasteiger partial charge on any atom is 0.0702 e. The van der Waals surface area contributed by atoms with Crippen molar-refractivity contribution in [1.82, 2.24) is 10.2 Å². The monoisotopic (exact) mass is 212 g/mol. The van der Waals surface area contributed by atoms with Gasteiger partial charge in [-0.1, -0.05) is 0 Å². The number of ether oxygens (including phenoxy) is 1. The lowest BCUT2D eigenvalue weighted by atomic mass is 10.1. The van der Waals surface area contributed by atoms with Gasteiger partial charge in [0.2, 0.25) is 0 Å². The Morgan fingerprint density at radius 2 is 2.13 bits per heavy atom. The van der Waals surface area contributed by atoms with Gasteiger partial charge in [0.25, 0.3) is 0 Å². The summed E-state index contributed by atoms with van der Waals surface area (Å²) in [4.78, 5) is 2.59. The number of hydrogen-bond acceptors (Lipinski definition) is 3. The second-order valence-corrected chi connectivity index (χ2v) is 4.85. The smallest absolute Gasteiger partial charge is 0.0702 e. The molecule has 2 rings (SSSR count). The van der Waals surface area contributed by atoms with Crippen molar-refractivity contribution in [3.63, 3.8) is 0 Å². The summed E-state index contributed by atoms with van der Waals surface area (Å²) in [7, 11) is 2.08. The van der Waals surface area contributed by atoms with Crippen LogP contribution in [0.3, 0.4) is 0 Å². The third-order valence-corrected chi connectivity index (χ3v) is 3.71. The number of nitrogens with zero attached hydrogens (tertiary/aromatic N) is 1. The predicted octanol–water partition coefficient (Wildman–Crippen LogP) is 1.24. The lowest BCUT2D eigenvalue weighted by molar-refractivity contribution is 0.0741. The van der Waals surface area contributed by atoms with Crippen LogP contribution < -0.4 is 5.32 Å². The first kappa shape index (κ1) is 11.4. The van der Waals surface area contributed by atoms with Crippen molar-refractivity contribution >= 4 is 0 Å². The van der Waals surface area contributed by atoms with Crippen LogP contribution in [0.1, 0.15) is 32.1 Å². The molecule has 3 nitrogen and oxygen atoms in total. The summed E-state index contributed by atoms with van der Waals surface area (Å²) in [5, 5.41) is 3.40. The van der Waals surface area contributed by atoms with Crippen LogP contribution in [0.4, 0.5) is 0 Å². The average Bonchev–Trinajstić information content (AvgIpc) is 2.64. The van der Waals surface area contributed by atoms with Gasteiger partial charge in [0.1, 0.15) is 0 Å². The van der Waals surface area contributed by atoms with Crippen LogP contribution in [0.2, 0.25) is 0 Å². The van der Waals surface area contributed by atoms with Crippen LogP contribution in [-0.4, -0.2) is 50.3 Å². The molecule has 0 amide bonds. The summed E-state index contributed by atoms with van der Waals surface area (Å²) in [5.74, 6) is 0. The van der Waals surface area contributed by atoms with Gasteiger partial charge in [-0.25, -0.2) is 0 Å². The Balaban J connectivity index is 1.72. The Kier molecular flexibility index (Phi) is 4.42. The maximum atomic E-state index is 5.69. The van der Waals surface area contributed by atoms with Crippen molar-refractivity contribution in [2.24, 2.45) is 0 Å². The number of likely N-dealkylation sites (tertiary alicyclic amines) is 1. The quantitative estimate of drug-likeness (QED) is 0.762. The molecular weight excluding hydrogens is 188 g/mol. The normalized spacial score (nSPS) is 34.2. The molecule has 3 heteroatoms. The Labute approximate surface area is 93.2 Å². The molecule has 0 aromatic heterocycles. The molecule has 0 aliphatic carbocycles. The minimum absolute atomic E-state index is 0.524. The fraction of sp³-hybridized carbons (Fsp3) is 1.00. The number of nitrogens with one attached hydrogen (secondary N) is 1. The van der Waals surface area contributed by atoms with E-state index in [-0.39, 0.29) is 0 Å². The lowest BCUT2D eigenvalue weighted by Gasteiger charge is -2.23. The number of hydrogen-bond donors (Lipinski definition) is 1. The molecule has 2 unspecified atom stereocenters. The predicted molar refractivity (Wildman–Crippen MR) is 62.1 cm³/mol. The van der Waals surface area contributed by atoms with E-state index in [9.17, 15) is 0 Å². The Bertz CT molecular complexity index is 180. The zero-order valence-corrected chi connectivity index (χ0v) is 9.87. The zero-order chi connectivity index (χ0) is 10.5. The van der Waals surface area contributed by atoms with Gasteiger partial charge in [0.15, 0.2) is 0 Å². The van der Waals surface area contributed by atoms with Crippen molar-refractivity contribution in [2.45, 2.75) is 44.2 Å². The summed E-state index contributed by atoms with van der Waals surface area (Å²) in [6, 6.07) is 0.736. The molecule has 1 N–H and O–H groups in total. The molecular formula is C12H24N2O. The van der Waals surface area contributed by atoms with E-state index in [1.165, 1.54) is 45.2 Å². The molecule has 0 bridgehead atoms. The van der Waals surface area contributed by atoms with E-state index >= 15 is 0 Å². The first-order chi connectivity index (χ1) is 7.38. The van der Waals surface area contributed by atoms with Crippen LogP contribution in [0, 0.1) is 0 Å². The molecule has 0 saturated carbocycles. The third-order valence-electron chi connectivity index (χ3n) is 3.71. The fourth-order valence-electron chi connectivity index (χ4n) is 2.70. The molecule has 2 heterocycles. The molecule has 0 radical (unpaired) electrons. The van der Waals surface area contributed by atoms with Gasteiger partial charge in [0.05, 0.1) is 6.10 Å². The molecule has 2 fully saturated rings. The van der Waals surface area contributed by atoms with E-state index in [1.54, 1.807) is 0 Å². The minimum atomic E-state index is 0.524. The van der Waals surface area contributed by atoms with E-state index in [4.69, 9.17) is 4.74 Å². The zero-order valence-electron chi connectivity index (χ0n) is 9.87. The Morgan fingerprint density at radius 3 is 2.87 bits per heavy atom. The highest BCUT2D eigenvalue weighted by Gasteiger charge is 2.21. The van der Waals surface area contributed by atoms with Crippen LogP contribution >= 0.6 is 0 Å². The first-order valence-electron chi connectivity index (χ1n) is 6.39. The second-order valence-electron chi connectivity index (χ2n) is 4.85. The van der Waals surface area contributed by atoms with Crippen LogP contribution in [0.15, 0.2) is 0 Å². The summed E-state index contributed by atoms with van der Waals surface area (Å²) in [5.41, 5.74) is 0. The van der Waals surface area contributed by atoms with Crippen LogP contribution in [-0.2, 0) is 4.74 Å². The maximum absolute atomic E-state index is 5.69. The van der Waals surface area contributed by atoms with Gasteiger partial charge >= 0.3 is 0 Å². The molecule has 15 heavy (non-hydrogen) atoms. The highest BCUT2D eigenvalue weighted by Crippen LogP contribution is 2.16. The van der Waals surface area contributed by atoms with E-state index in [1.807, 2.05) is 0 Å². The summed E-state index contributed by atoms with van der Waals surface area (Å²) < 4.78 is 5.69. The van der Waals surface area contributed by atoms with Gasteiger partial charge in [0, 0.05) is 19.2 Å². The molecule has 2 atom stereocenters. The van der Waals surface area contributed by atoms with Gasteiger partial charge < -0.3 is 15.0 Å². The highest BCUT2D eigenvalue weighted by molar-refractivity contribution is 4.76. The first-order valence-corrected chi connectivity index (χ1v) is 6.39. The van der Waals surface area contributed by atoms with Crippen LogP contribution in [0.25, 0.3) is 0 Å². The van der Waals surface area contributed by atoms with E-state index < -0.39 is 0 Å². The lowest BCUT2D eigenvalue weighted by Crippen LogP contribution is -2.34. The van der Waals surface area contributed by atoms with E-state index in [0.29, 0.717) is 6.10 Å². The molecule has 0 aromatic carbocycles. The largest absolute Gasteiger partial charge is 0.377 e. The summed E-state index contributed by atoms with van der Waals surface area (Å²) >= 11 is 0. The van der Waals surface area contributed by atoms with Gasteiger partial charge in [-0.2, -0.15) is 0 Å². The molecule has 2 aliphatic heterocycles. The summed E-state index contributed by atoms with van der Waals surface area (Å²) in [6.07, 6.45) is 7.01. The SMILES string of the molecule is CNC1CCCN(CC2CCCO2)CC1. The van der Waals surface area contributed by atoms with Gasteiger partial charge in [-0.15, -0.1) is 0 Å². The molecule has 0 spiro atoms. The Morgan fingerprint density at radius 1 is 1.20 bits per heavy atom. The Hall–Kier alpha value is -0.120. The van der Waals surface area contributed by atoms with Crippen molar-refractivity contribution in [2.75, 3.05) is 33.3 Å². The number of rotatable bonds is 3.